The van der Waals surface area contributed by atoms with E-state index >= 15 is 0 Å². The van der Waals surface area contributed by atoms with Crippen molar-refractivity contribution >= 4 is 16.7 Å². The summed E-state index contributed by atoms with van der Waals surface area (Å²) in [5.41, 5.74) is 0.908. The normalized spacial score (nSPS) is 18.0. The van der Waals surface area contributed by atoms with E-state index < -0.39 is 0 Å². The number of ether oxygens (including phenoxy) is 2. The van der Waals surface area contributed by atoms with Crippen LogP contribution in [0, 0.1) is 0 Å². The molecule has 0 spiro atoms. The van der Waals surface area contributed by atoms with Crippen molar-refractivity contribution in [2.45, 2.75) is 12.8 Å². The largest absolute Gasteiger partial charge is 0.496 e. The molecule has 0 saturated heterocycles. The van der Waals surface area contributed by atoms with Crippen LogP contribution in [-0.4, -0.2) is 13.1 Å². The lowest BCUT2D eigenvalue weighted by molar-refractivity contribution is -0.133. The van der Waals surface area contributed by atoms with Crippen molar-refractivity contribution in [3.05, 3.63) is 35.9 Å². The predicted octanol–water partition coefficient (Wildman–Crippen LogP) is 2.87. The number of benzene rings is 2. The Hall–Kier alpha value is -2.03. The Bertz CT molecular complexity index is 616. The first kappa shape index (κ1) is 10.1. The van der Waals surface area contributed by atoms with Crippen LogP contribution in [0.2, 0.25) is 0 Å². The van der Waals surface area contributed by atoms with Crippen molar-refractivity contribution in [2.75, 3.05) is 7.11 Å². The second-order valence-electron chi connectivity index (χ2n) is 4.19. The molecule has 3 heteroatoms. The summed E-state index contributed by atoms with van der Waals surface area (Å²) in [4.78, 5) is 11.6. The Morgan fingerprint density at radius 1 is 1.24 bits per heavy atom. The molecule has 17 heavy (non-hydrogen) atoms. The molecule has 2 aromatic carbocycles. The number of fused-ring (bicyclic) bond motifs is 3. The molecule has 3 rings (SSSR count). The summed E-state index contributed by atoms with van der Waals surface area (Å²) in [7, 11) is 1.64. The predicted molar refractivity (Wildman–Crippen MR) is 64.6 cm³/mol. The molecule has 0 fully saturated rings. The van der Waals surface area contributed by atoms with Gasteiger partial charge >= 0.3 is 5.97 Å². The average Bonchev–Trinajstić information content (AvgIpc) is 2.65. The Labute approximate surface area is 99.0 Å². The van der Waals surface area contributed by atoms with E-state index in [-0.39, 0.29) is 11.9 Å². The van der Waals surface area contributed by atoms with Gasteiger partial charge in [0.1, 0.15) is 11.5 Å². The summed E-state index contributed by atoms with van der Waals surface area (Å²) < 4.78 is 10.7. The number of hydrogen-bond acceptors (Lipinski definition) is 3. The van der Waals surface area contributed by atoms with Gasteiger partial charge < -0.3 is 9.47 Å². The quantitative estimate of drug-likeness (QED) is 0.556. The van der Waals surface area contributed by atoms with Crippen molar-refractivity contribution in [2.24, 2.45) is 0 Å². The van der Waals surface area contributed by atoms with Crippen LogP contribution in [0.1, 0.15) is 18.4 Å². The van der Waals surface area contributed by atoms with Crippen LogP contribution in [0.5, 0.6) is 11.5 Å². The summed E-state index contributed by atoms with van der Waals surface area (Å²) in [6.07, 6.45) is 0. The SMILES string of the molecule is COc1cc2c(c3ccccc13)OC(=O)C2C. The third-order valence-corrected chi connectivity index (χ3v) is 3.23. The summed E-state index contributed by atoms with van der Waals surface area (Å²) in [5.74, 6) is 1.05. The van der Waals surface area contributed by atoms with Crippen molar-refractivity contribution in [3.63, 3.8) is 0 Å². The first-order chi connectivity index (χ1) is 8.22. The molecule has 1 heterocycles. The Kier molecular flexibility index (Phi) is 2.08. The molecule has 0 radical (unpaired) electrons. The first-order valence-corrected chi connectivity index (χ1v) is 5.53. The lowest BCUT2D eigenvalue weighted by Crippen LogP contribution is -2.05. The monoisotopic (exact) mass is 228 g/mol. The fraction of sp³-hybridized carbons (Fsp3) is 0.214. The summed E-state index contributed by atoms with van der Waals surface area (Å²) in [5, 5.41) is 1.90. The van der Waals surface area contributed by atoms with E-state index in [0.29, 0.717) is 5.75 Å². The van der Waals surface area contributed by atoms with Gasteiger partial charge in [-0.1, -0.05) is 24.3 Å². The minimum absolute atomic E-state index is 0.196. The van der Waals surface area contributed by atoms with E-state index in [0.717, 1.165) is 22.1 Å². The number of carbonyl (C=O) groups is 1. The standard InChI is InChI=1S/C14H12O3/c1-8-11-7-12(16-2)9-5-3-4-6-10(9)13(11)17-14(8)15/h3-8H,1-2H3. The van der Waals surface area contributed by atoms with Crippen LogP contribution in [0.3, 0.4) is 0 Å². The zero-order valence-electron chi connectivity index (χ0n) is 9.69. The third kappa shape index (κ3) is 1.32. The highest BCUT2D eigenvalue weighted by Crippen LogP contribution is 2.44. The van der Waals surface area contributed by atoms with E-state index in [2.05, 4.69) is 0 Å². The number of carbonyl (C=O) groups excluding carboxylic acids is 1. The molecular formula is C14H12O3. The summed E-state index contributed by atoms with van der Waals surface area (Å²) in [6.45, 7) is 1.85. The van der Waals surface area contributed by atoms with Gasteiger partial charge in [-0.3, -0.25) is 4.79 Å². The number of hydrogen-bond donors (Lipinski definition) is 0. The molecule has 0 bridgehead atoms. The van der Waals surface area contributed by atoms with Crippen LogP contribution in [-0.2, 0) is 4.79 Å². The molecular weight excluding hydrogens is 216 g/mol. The Balaban J connectivity index is 2.40. The molecule has 2 aromatic rings. The minimum atomic E-state index is -0.219. The molecule has 0 aromatic heterocycles. The van der Waals surface area contributed by atoms with E-state index in [4.69, 9.17) is 9.47 Å². The van der Waals surface area contributed by atoms with Gasteiger partial charge in [0.25, 0.3) is 0 Å². The number of esters is 1. The maximum absolute atomic E-state index is 11.6. The molecule has 3 nitrogen and oxygen atoms in total. The van der Waals surface area contributed by atoms with Crippen LogP contribution in [0.25, 0.3) is 10.8 Å². The zero-order chi connectivity index (χ0) is 12.0. The molecule has 0 N–H and O–H groups in total. The van der Waals surface area contributed by atoms with E-state index in [1.165, 1.54) is 0 Å². The van der Waals surface area contributed by atoms with Gasteiger partial charge in [-0.05, 0) is 13.0 Å². The fourth-order valence-corrected chi connectivity index (χ4v) is 2.26. The Morgan fingerprint density at radius 3 is 2.65 bits per heavy atom. The number of rotatable bonds is 1. The molecule has 1 atom stereocenters. The van der Waals surface area contributed by atoms with Crippen molar-refractivity contribution in [1.82, 2.24) is 0 Å². The van der Waals surface area contributed by atoms with Crippen LogP contribution in [0.15, 0.2) is 30.3 Å². The highest BCUT2D eigenvalue weighted by atomic mass is 16.5. The average molecular weight is 228 g/mol. The lowest BCUT2D eigenvalue weighted by Gasteiger charge is -2.09. The molecule has 1 aliphatic rings. The van der Waals surface area contributed by atoms with Crippen LogP contribution >= 0.6 is 0 Å². The summed E-state index contributed by atoms with van der Waals surface area (Å²) >= 11 is 0. The fourth-order valence-electron chi connectivity index (χ4n) is 2.26. The smallest absolute Gasteiger partial charge is 0.318 e. The van der Waals surface area contributed by atoms with Crippen molar-refractivity contribution in [1.29, 1.82) is 0 Å². The van der Waals surface area contributed by atoms with Gasteiger partial charge in [-0.25, -0.2) is 0 Å². The lowest BCUT2D eigenvalue weighted by atomic mass is 9.98. The van der Waals surface area contributed by atoms with Crippen LogP contribution < -0.4 is 9.47 Å². The summed E-state index contributed by atoms with van der Waals surface area (Å²) in [6, 6.07) is 9.68. The Morgan fingerprint density at radius 2 is 1.94 bits per heavy atom. The molecule has 0 aliphatic carbocycles. The minimum Gasteiger partial charge on any atom is -0.496 e. The second-order valence-corrected chi connectivity index (χ2v) is 4.19. The zero-order valence-corrected chi connectivity index (χ0v) is 9.69. The van der Waals surface area contributed by atoms with E-state index in [1.54, 1.807) is 7.11 Å². The van der Waals surface area contributed by atoms with E-state index in [9.17, 15) is 4.79 Å². The molecule has 86 valence electrons. The maximum Gasteiger partial charge on any atom is 0.318 e. The highest BCUT2D eigenvalue weighted by molar-refractivity contribution is 6.00. The van der Waals surface area contributed by atoms with Crippen LogP contribution in [0.4, 0.5) is 0 Å². The van der Waals surface area contributed by atoms with Crippen molar-refractivity contribution < 1.29 is 14.3 Å². The highest BCUT2D eigenvalue weighted by Gasteiger charge is 2.31. The molecule has 1 unspecified atom stereocenters. The molecule has 0 amide bonds. The van der Waals surface area contributed by atoms with Gasteiger partial charge in [0.15, 0.2) is 0 Å². The molecule has 0 saturated carbocycles. The molecule has 1 aliphatic heterocycles. The van der Waals surface area contributed by atoms with Gasteiger partial charge in [-0.15, -0.1) is 0 Å². The van der Waals surface area contributed by atoms with Gasteiger partial charge in [0, 0.05) is 16.3 Å². The topological polar surface area (TPSA) is 35.5 Å². The number of methoxy groups -OCH3 is 1. The maximum atomic E-state index is 11.6. The van der Waals surface area contributed by atoms with Crippen molar-refractivity contribution in [3.8, 4) is 11.5 Å². The van der Waals surface area contributed by atoms with Gasteiger partial charge in [0.2, 0.25) is 0 Å². The van der Waals surface area contributed by atoms with E-state index in [1.807, 2.05) is 37.3 Å². The second kappa shape index (κ2) is 3.48. The third-order valence-electron chi connectivity index (χ3n) is 3.23. The van der Waals surface area contributed by atoms with Gasteiger partial charge in [0.05, 0.1) is 13.0 Å². The van der Waals surface area contributed by atoms with Gasteiger partial charge in [-0.2, -0.15) is 0 Å². The first-order valence-electron chi connectivity index (χ1n) is 5.53.